The molecule has 1 aliphatic rings. The molecule has 1 atom stereocenters. The largest absolute Gasteiger partial charge is 0.497 e. The fraction of sp³-hybridized carbons (Fsp3) is 0.217. The monoisotopic (exact) mass is 470 g/mol. The summed E-state index contributed by atoms with van der Waals surface area (Å²) < 4.78 is 17.9. The first-order chi connectivity index (χ1) is 15.9. The van der Waals surface area contributed by atoms with Gasteiger partial charge in [0.05, 0.1) is 12.8 Å². The third-order valence-electron chi connectivity index (χ3n) is 4.96. The van der Waals surface area contributed by atoms with Gasteiger partial charge in [-0.25, -0.2) is 9.37 Å². The van der Waals surface area contributed by atoms with Gasteiger partial charge < -0.3 is 15.0 Å². The van der Waals surface area contributed by atoms with Gasteiger partial charge in [0.2, 0.25) is 6.41 Å². The Morgan fingerprint density at radius 1 is 1.27 bits per heavy atom. The van der Waals surface area contributed by atoms with Crippen molar-refractivity contribution in [2.75, 3.05) is 21.2 Å². The fourth-order valence-electron chi connectivity index (χ4n) is 3.23. The van der Waals surface area contributed by atoms with Crippen LogP contribution in [0.25, 0.3) is 11.3 Å². The van der Waals surface area contributed by atoms with E-state index in [1.807, 2.05) is 12.1 Å². The van der Waals surface area contributed by atoms with Crippen LogP contribution in [0.15, 0.2) is 47.8 Å². The molecule has 8 nitrogen and oxygen atoms in total. The lowest BCUT2D eigenvalue weighted by Crippen LogP contribution is -2.35. The summed E-state index contributed by atoms with van der Waals surface area (Å²) in [6.45, 7) is 0.707. The third-order valence-corrected chi connectivity index (χ3v) is 5.87. The lowest BCUT2D eigenvalue weighted by atomic mass is 10.1. The molecule has 0 bridgehead atoms. The fourth-order valence-corrected chi connectivity index (χ4v) is 4.17. The highest BCUT2D eigenvalue weighted by atomic mass is 32.1. The molecule has 172 valence electrons. The minimum absolute atomic E-state index is 0.0777. The maximum atomic E-state index is 12.9. The van der Waals surface area contributed by atoms with Crippen LogP contribution < -0.4 is 15.4 Å². The number of likely N-dealkylation sites (N-methyl/N-ethyl adjacent to an activating group) is 1. The number of thiazole rings is 1. The van der Waals surface area contributed by atoms with E-state index in [-0.39, 0.29) is 11.7 Å². The first-order valence-corrected chi connectivity index (χ1v) is 10.8. The van der Waals surface area contributed by atoms with E-state index in [0.717, 1.165) is 22.4 Å². The van der Waals surface area contributed by atoms with Crippen molar-refractivity contribution in [3.63, 3.8) is 0 Å². The van der Waals surface area contributed by atoms with E-state index >= 15 is 0 Å². The van der Waals surface area contributed by atoms with E-state index in [0.29, 0.717) is 23.7 Å². The van der Waals surface area contributed by atoms with Crippen LogP contribution in [-0.2, 0) is 16.1 Å². The highest BCUT2D eigenvalue weighted by Crippen LogP contribution is 2.26. The number of hydrogen-bond acceptors (Lipinski definition) is 7. The molecule has 33 heavy (non-hydrogen) atoms. The molecule has 2 heterocycles. The van der Waals surface area contributed by atoms with Crippen LogP contribution in [-0.4, -0.2) is 49.3 Å². The Bertz CT molecular complexity index is 1150. The van der Waals surface area contributed by atoms with Crippen molar-refractivity contribution in [2.45, 2.75) is 12.6 Å². The second kappa shape index (κ2) is 10.8. The SMILES string of the molecule is CNC(C(=O)NC=O)c1nc(-c2ccc(F)cc2)cs1.COc1ccc2c(c1)C(=O)N(C)C2. The van der Waals surface area contributed by atoms with E-state index in [1.165, 1.54) is 23.5 Å². The standard InChI is InChI=1S/C13H12FN3O2S.C10H11NO2/c1-15-11(12(19)16-7-18)13-17-10(6-20-13)8-2-4-9(14)5-3-8;1-11-6-7-3-4-8(13-2)5-9(7)10(11)12/h2-7,11,15H,1H3,(H,16,18,19);3-5H,6H2,1-2H3. The number of hydrogen-bond donors (Lipinski definition) is 2. The van der Waals surface area contributed by atoms with Crippen LogP contribution in [0.2, 0.25) is 0 Å². The summed E-state index contributed by atoms with van der Waals surface area (Å²) in [5, 5.41) is 7.19. The number of amides is 3. The molecule has 0 saturated carbocycles. The highest BCUT2D eigenvalue weighted by Gasteiger charge is 2.24. The van der Waals surface area contributed by atoms with Gasteiger partial charge in [0.15, 0.2) is 0 Å². The van der Waals surface area contributed by atoms with Gasteiger partial charge in [-0.2, -0.15) is 0 Å². The maximum Gasteiger partial charge on any atom is 0.254 e. The van der Waals surface area contributed by atoms with Crippen LogP contribution in [0.3, 0.4) is 0 Å². The number of carbonyl (C=O) groups excluding carboxylic acids is 3. The van der Waals surface area contributed by atoms with Gasteiger partial charge >= 0.3 is 0 Å². The molecule has 1 aromatic heterocycles. The summed E-state index contributed by atoms with van der Waals surface area (Å²) in [6.07, 6.45) is 0.334. The summed E-state index contributed by atoms with van der Waals surface area (Å²) in [6, 6.07) is 10.9. The number of aromatic nitrogens is 1. The van der Waals surface area contributed by atoms with Crippen molar-refractivity contribution in [1.29, 1.82) is 0 Å². The number of fused-ring (bicyclic) bond motifs is 1. The number of methoxy groups -OCH3 is 1. The molecular formula is C23H23FN4O4S. The molecule has 0 fully saturated rings. The van der Waals surface area contributed by atoms with Crippen LogP contribution in [0.4, 0.5) is 4.39 Å². The Morgan fingerprint density at radius 2 is 2.00 bits per heavy atom. The van der Waals surface area contributed by atoms with Crippen molar-refractivity contribution in [1.82, 2.24) is 20.5 Å². The predicted octanol–water partition coefficient (Wildman–Crippen LogP) is 2.76. The minimum Gasteiger partial charge on any atom is -0.497 e. The summed E-state index contributed by atoms with van der Waals surface area (Å²) in [7, 11) is 5.01. The Kier molecular flexibility index (Phi) is 7.86. The van der Waals surface area contributed by atoms with Crippen LogP contribution >= 0.6 is 11.3 Å². The van der Waals surface area contributed by atoms with Crippen molar-refractivity contribution >= 4 is 29.6 Å². The van der Waals surface area contributed by atoms with Gasteiger partial charge in [-0.1, -0.05) is 6.07 Å². The summed E-state index contributed by atoms with van der Waals surface area (Å²) >= 11 is 1.29. The van der Waals surface area contributed by atoms with Crippen LogP contribution in [0, 0.1) is 5.82 Å². The third kappa shape index (κ3) is 5.60. The summed E-state index contributed by atoms with van der Waals surface area (Å²) in [5.74, 6) is 0.0291. The highest BCUT2D eigenvalue weighted by molar-refractivity contribution is 7.10. The number of nitrogens with zero attached hydrogens (tertiary/aromatic N) is 2. The Morgan fingerprint density at radius 3 is 2.64 bits per heavy atom. The molecule has 0 spiro atoms. The average molecular weight is 471 g/mol. The molecule has 0 saturated heterocycles. The number of halogens is 1. The topological polar surface area (TPSA) is 101 Å². The molecule has 2 N–H and O–H groups in total. The zero-order chi connectivity index (χ0) is 24.0. The number of carbonyl (C=O) groups is 3. The zero-order valence-electron chi connectivity index (χ0n) is 18.3. The van der Waals surface area contributed by atoms with Crippen LogP contribution in [0.5, 0.6) is 5.75 Å². The molecule has 1 unspecified atom stereocenters. The maximum absolute atomic E-state index is 12.9. The van der Waals surface area contributed by atoms with Gasteiger partial charge in [0, 0.05) is 30.1 Å². The predicted molar refractivity (Wildman–Crippen MR) is 122 cm³/mol. The van der Waals surface area contributed by atoms with Crippen molar-refractivity contribution in [2.24, 2.45) is 0 Å². The number of nitrogens with one attached hydrogen (secondary N) is 2. The molecule has 3 aromatic rings. The normalized spacial score (nSPS) is 13.0. The molecule has 3 amide bonds. The number of ether oxygens (including phenoxy) is 1. The molecule has 0 aliphatic carbocycles. The summed E-state index contributed by atoms with van der Waals surface area (Å²) in [5.41, 5.74) is 3.26. The van der Waals surface area contributed by atoms with Crippen molar-refractivity contribution in [3.05, 3.63) is 69.8 Å². The van der Waals surface area contributed by atoms with Crippen molar-refractivity contribution in [3.8, 4) is 17.0 Å². The van der Waals surface area contributed by atoms with Gasteiger partial charge in [0.25, 0.3) is 11.8 Å². The van der Waals surface area contributed by atoms with Gasteiger partial charge in [-0.15, -0.1) is 11.3 Å². The second-order valence-electron chi connectivity index (χ2n) is 7.11. The molecule has 0 radical (unpaired) electrons. The van der Waals surface area contributed by atoms with E-state index < -0.39 is 11.9 Å². The van der Waals surface area contributed by atoms with E-state index in [9.17, 15) is 18.8 Å². The number of rotatable bonds is 6. The molecule has 2 aromatic carbocycles. The number of imide groups is 1. The molecule has 4 rings (SSSR count). The lowest BCUT2D eigenvalue weighted by Gasteiger charge is -2.10. The summed E-state index contributed by atoms with van der Waals surface area (Å²) in [4.78, 5) is 39.6. The Hall–Kier alpha value is -3.63. The van der Waals surface area contributed by atoms with Gasteiger partial charge in [0.1, 0.15) is 22.6 Å². The van der Waals surface area contributed by atoms with Gasteiger partial charge in [-0.3, -0.25) is 19.7 Å². The van der Waals surface area contributed by atoms with E-state index in [1.54, 1.807) is 49.7 Å². The minimum atomic E-state index is -0.695. The first kappa shape index (κ1) is 24.0. The second-order valence-corrected chi connectivity index (χ2v) is 8.00. The molecule has 10 heteroatoms. The van der Waals surface area contributed by atoms with E-state index in [2.05, 4.69) is 15.6 Å². The Balaban J connectivity index is 0.000000203. The van der Waals surface area contributed by atoms with Crippen LogP contribution in [0.1, 0.15) is 27.0 Å². The lowest BCUT2D eigenvalue weighted by molar-refractivity contribution is -0.126. The quantitative estimate of drug-likeness (QED) is 0.538. The smallest absolute Gasteiger partial charge is 0.254 e. The average Bonchev–Trinajstić information content (AvgIpc) is 3.40. The first-order valence-electron chi connectivity index (χ1n) is 9.93. The molecular weight excluding hydrogens is 447 g/mol. The zero-order valence-corrected chi connectivity index (χ0v) is 19.1. The van der Waals surface area contributed by atoms with Gasteiger partial charge in [-0.05, 0) is 49.0 Å². The van der Waals surface area contributed by atoms with Crippen molar-refractivity contribution < 1.29 is 23.5 Å². The van der Waals surface area contributed by atoms with E-state index in [4.69, 9.17) is 4.74 Å². The Labute approximate surface area is 194 Å². The molecule has 1 aliphatic heterocycles. The number of benzene rings is 2.